The number of rotatable bonds is 4. The van der Waals surface area contributed by atoms with Crippen molar-refractivity contribution < 1.29 is 0 Å². The zero-order valence-corrected chi connectivity index (χ0v) is 12.1. The Balaban J connectivity index is 1.73. The topological polar surface area (TPSA) is 51.8 Å². The Morgan fingerprint density at radius 3 is 2.79 bits per heavy atom. The van der Waals surface area contributed by atoms with E-state index in [0.717, 1.165) is 42.0 Å². The highest BCUT2D eigenvalue weighted by Crippen LogP contribution is 2.50. The lowest BCUT2D eigenvalue weighted by Crippen LogP contribution is -2.21. The van der Waals surface area contributed by atoms with Crippen LogP contribution in [-0.2, 0) is 6.42 Å². The van der Waals surface area contributed by atoms with Gasteiger partial charge in [-0.15, -0.1) is 0 Å². The van der Waals surface area contributed by atoms with Crippen molar-refractivity contribution in [2.24, 2.45) is 23.5 Å². The molecule has 0 aliphatic heterocycles. The largest absolute Gasteiger partial charge is 0.324 e. The lowest BCUT2D eigenvalue weighted by atomic mass is 9.82. The summed E-state index contributed by atoms with van der Waals surface area (Å²) in [5.41, 5.74) is 9.78. The highest BCUT2D eigenvalue weighted by Gasteiger charge is 2.40. The van der Waals surface area contributed by atoms with Crippen molar-refractivity contribution in [2.75, 3.05) is 0 Å². The van der Waals surface area contributed by atoms with Crippen LogP contribution in [0.2, 0.25) is 0 Å². The van der Waals surface area contributed by atoms with Gasteiger partial charge >= 0.3 is 0 Å². The SMILES string of the molecule is CCc1nnc(C)cc1C(N)CC1CC2CCC1C2. The highest BCUT2D eigenvalue weighted by molar-refractivity contribution is 5.24. The summed E-state index contributed by atoms with van der Waals surface area (Å²) in [6.45, 7) is 4.13. The van der Waals surface area contributed by atoms with Gasteiger partial charge in [-0.25, -0.2) is 0 Å². The Kier molecular flexibility index (Phi) is 3.57. The molecule has 4 unspecified atom stereocenters. The van der Waals surface area contributed by atoms with Gasteiger partial charge in [0.15, 0.2) is 0 Å². The van der Waals surface area contributed by atoms with E-state index in [1.807, 2.05) is 6.92 Å². The fourth-order valence-electron chi connectivity index (χ4n) is 4.25. The second kappa shape index (κ2) is 5.20. The second-order valence-electron chi connectivity index (χ2n) is 6.52. The predicted octanol–water partition coefficient (Wildman–Crippen LogP) is 3.17. The van der Waals surface area contributed by atoms with Crippen LogP contribution in [0.1, 0.15) is 62.0 Å². The molecular formula is C16H25N3. The van der Waals surface area contributed by atoms with Crippen LogP contribution in [0.4, 0.5) is 0 Å². The average molecular weight is 259 g/mol. The number of hydrogen-bond acceptors (Lipinski definition) is 3. The van der Waals surface area contributed by atoms with E-state index in [-0.39, 0.29) is 6.04 Å². The van der Waals surface area contributed by atoms with Crippen molar-refractivity contribution >= 4 is 0 Å². The molecule has 0 amide bonds. The molecule has 2 N–H and O–H groups in total. The molecule has 19 heavy (non-hydrogen) atoms. The van der Waals surface area contributed by atoms with Gasteiger partial charge in [0.1, 0.15) is 0 Å². The summed E-state index contributed by atoms with van der Waals surface area (Å²) in [5, 5.41) is 8.47. The molecule has 3 heteroatoms. The van der Waals surface area contributed by atoms with Crippen LogP contribution in [0, 0.1) is 24.7 Å². The van der Waals surface area contributed by atoms with Gasteiger partial charge in [0.2, 0.25) is 0 Å². The number of aryl methyl sites for hydroxylation is 2. The summed E-state index contributed by atoms with van der Waals surface area (Å²) in [5.74, 6) is 2.81. The highest BCUT2D eigenvalue weighted by atomic mass is 15.1. The van der Waals surface area contributed by atoms with Gasteiger partial charge in [0.05, 0.1) is 11.4 Å². The molecule has 1 aromatic rings. The lowest BCUT2D eigenvalue weighted by molar-refractivity contribution is 0.295. The molecule has 0 aromatic carbocycles. The van der Waals surface area contributed by atoms with Crippen molar-refractivity contribution in [1.29, 1.82) is 0 Å². The fraction of sp³-hybridized carbons (Fsp3) is 0.750. The third-order valence-corrected chi connectivity index (χ3v) is 5.20. The van der Waals surface area contributed by atoms with Crippen molar-refractivity contribution in [3.8, 4) is 0 Å². The van der Waals surface area contributed by atoms with Crippen molar-refractivity contribution in [2.45, 2.75) is 58.4 Å². The zero-order chi connectivity index (χ0) is 13.4. The Bertz CT molecular complexity index is 457. The summed E-state index contributed by atoms with van der Waals surface area (Å²) >= 11 is 0. The molecular weight excluding hydrogens is 234 g/mol. The molecule has 0 saturated heterocycles. The summed E-state index contributed by atoms with van der Waals surface area (Å²) in [7, 11) is 0. The number of hydrogen-bond donors (Lipinski definition) is 1. The molecule has 2 fully saturated rings. The second-order valence-corrected chi connectivity index (χ2v) is 6.52. The van der Waals surface area contributed by atoms with Gasteiger partial charge in [0.25, 0.3) is 0 Å². The molecule has 2 saturated carbocycles. The van der Waals surface area contributed by atoms with Gasteiger partial charge in [-0.3, -0.25) is 0 Å². The molecule has 4 atom stereocenters. The van der Waals surface area contributed by atoms with Crippen LogP contribution in [-0.4, -0.2) is 10.2 Å². The van der Waals surface area contributed by atoms with Crippen LogP contribution in [0.15, 0.2) is 6.07 Å². The van der Waals surface area contributed by atoms with Crippen LogP contribution in [0.5, 0.6) is 0 Å². The summed E-state index contributed by atoms with van der Waals surface area (Å²) in [6.07, 6.45) is 7.85. The Morgan fingerprint density at radius 1 is 1.32 bits per heavy atom. The van der Waals surface area contributed by atoms with Gasteiger partial charge < -0.3 is 5.73 Å². The Morgan fingerprint density at radius 2 is 2.16 bits per heavy atom. The molecule has 3 nitrogen and oxygen atoms in total. The van der Waals surface area contributed by atoms with Crippen LogP contribution in [0.25, 0.3) is 0 Å². The molecule has 0 radical (unpaired) electrons. The quantitative estimate of drug-likeness (QED) is 0.903. The van der Waals surface area contributed by atoms with Crippen molar-refractivity contribution in [1.82, 2.24) is 10.2 Å². The van der Waals surface area contributed by atoms with Crippen LogP contribution in [0.3, 0.4) is 0 Å². The molecule has 2 aliphatic rings. The van der Waals surface area contributed by atoms with E-state index in [9.17, 15) is 0 Å². The predicted molar refractivity (Wildman–Crippen MR) is 76.6 cm³/mol. The van der Waals surface area contributed by atoms with Crippen LogP contribution < -0.4 is 5.73 Å². The number of aromatic nitrogens is 2. The van der Waals surface area contributed by atoms with E-state index < -0.39 is 0 Å². The smallest absolute Gasteiger partial charge is 0.0676 e. The molecule has 1 heterocycles. The fourth-order valence-corrected chi connectivity index (χ4v) is 4.25. The van der Waals surface area contributed by atoms with Gasteiger partial charge in [-0.05, 0) is 68.4 Å². The molecule has 3 rings (SSSR count). The van der Waals surface area contributed by atoms with E-state index in [1.165, 1.54) is 31.2 Å². The first-order valence-corrected chi connectivity index (χ1v) is 7.76. The van der Waals surface area contributed by atoms with E-state index in [4.69, 9.17) is 5.73 Å². The van der Waals surface area contributed by atoms with E-state index >= 15 is 0 Å². The van der Waals surface area contributed by atoms with Crippen molar-refractivity contribution in [3.63, 3.8) is 0 Å². The first-order chi connectivity index (χ1) is 9.17. The van der Waals surface area contributed by atoms with E-state index in [0.29, 0.717) is 0 Å². The van der Waals surface area contributed by atoms with E-state index in [2.05, 4.69) is 23.2 Å². The normalized spacial score (nSPS) is 30.8. The minimum absolute atomic E-state index is 0.147. The lowest BCUT2D eigenvalue weighted by Gasteiger charge is -2.25. The maximum Gasteiger partial charge on any atom is 0.0676 e. The first kappa shape index (κ1) is 13.0. The third-order valence-electron chi connectivity index (χ3n) is 5.20. The first-order valence-electron chi connectivity index (χ1n) is 7.76. The molecule has 1 aromatic heterocycles. The maximum atomic E-state index is 6.48. The Labute approximate surface area is 116 Å². The van der Waals surface area contributed by atoms with Gasteiger partial charge in [-0.1, -0.05) is 13.3 Å². The van der Waals surface area contributed by atoms with Crippen LogP contribution >= 0.6 is 0 Å². The number of nitrogens with zero attached hydrogens (tertiary/aromatic N) is 2. The van der Waals surface area contributed by atoms with Gasteiger partial charge in [0, 0.05) is 6.04 Å². The Hall–Kier alpha value is -0.960. The maximum absolute atomic E-state index is 6.48. The van der Waals surface area contributed by atoms with Gasteiger partial charge in [-0.2, -0.15) is 10.2 Å². The monoisotopic (exact) mass is 259 g/mol. The minimum Gasteiger partial charge on any atom is -0.324 e. The third kappa shape index (κ3) is 2.53. The number of fused-ring (bicyclic) bond motifs is 2. The number of nitrogens with two attached hydrogens (primary N) is 1. The summed E-state index contributed by atoms with van der Waals surface area (Å²) in [4.78, 5) is 0. The molecule has 104 valence electrons. The standard InChI is InChI=1S/C16H25N3/c1-3-16-14(6-10(2)18-19-16)15(17)9-13-8-11-4-5-12(13)7-11/h6,11-13,15H,3-5,7-9,17H2,1-2H3. The molecule has 2 aliphatic carbocycles. The van der Waals surface area contributed by atoms with Crippen molar-refractivity contribution in [3.05, 3.63) is 23.0 Å². The average Bonchev–Trinajstić information content (AvgIpc) is 3.01. The summed E-state index contributed by atoms with van der Waals surface area (Å²) < 4.78 is 0. The zero-order valence-electron chi connectivity index (χ0n) is 12.1. The molecule has 2 bridgehead atoms. The minimum atomic E-state index is 0.147. The molecule has 0 spiro atoms. The summed E-state index contributed by atoms with van der Waals surface area (Å²) in [6, 6.07) is 2.29. The van der Waals surface area contributed by atoms with E-state index in [1.54, 1.807) is 0 Å².